The average Bonchev–Trinajstić information content (AvgIpc) is 2.82. The first-order valence-electron chi connectivity index (χ1n) is 7.45. The number of imidazole rings is 1. The number of alkyl halides is 2. The molecule has 0 aliphatic carbocycles. The fraction of sp³-hybridized carbons (Fsp3) is 0.176. The number of rotatable bonds is 5. The maximum Gasteiger partial charge on any atom is 0.329 e. The Balaban J connectivity index is 1.85. The van der Waals surface area contributed by atoms with E-state index < -0.39 is 11.7 Å². The molecule has 1 N–H and O–H groups in total. The van der Waals surface area contributed by atoms with Crippen LogP contribution >= 0.6 is 11.8 Å². The molecule has 8 heteroatoms. The van der Waals surface area contributed by atoms with E-state index in [-0.39, 0.29) is 17.1 Å². The number of carbonyl (C=O) groups excluding carboxylic acids is 1. The maximum atomic E-state index is 12.6. The molecule has 0 fully saturated rings. The highest BCUT2D eigenvalue weighted by atomic mass is 32.2. The van der Waals surface area contributed by atoms with Crippen molar-refractivity contribution in [2.45, 2.75) is 17.2 Å². The van der Waals surface area contributed by atoms with E-state index in [1.165, 1.54) is 15.2 Å². The van der Waals surface area contributed by atoms with Gasteiger partial charge in [0.25, 0.3) is 5.76 Å². The van der Waals surface area contributed by atoms with E-state index >= 15 is 0 Å². The number of nitrogens with zero attached hydrogens (tertiary/aromatic N) is 2. The van der Waals surface area contributed by atoms with Crippen molar-refractivity contribution in [3.05, 3.63) is 59.0 Å². The molecule has 0 saturated heterocycles. The molecule has 0 saturated carbocycles. The molecule has 25 heavy (non-hydrogen) atoms. The quantitative estimate of drug-likeness (QED) is 0.708. The summed E-state index contributed by atoms with van der Waals surface area (Å²) in [6, 6.07) is 13.5. The van der Waals surface area contributed by atoms with Gasteiger partial charge in [0.2, 0.25) is 5.91 Å². The Morgan fingerprint density at radius 2 is 1.76 bits per heavy atom. The molecule has 3 rings (SSSR count). The van der Waals surface area contributed by atoms with Crippen molar-refractivity contribution in [2.24, 2.45) is 7.05 Å². The molecule has 0 bridgehead atoms. The van der Waals surface area contributed by atoms with Gasteiger partial charge in [-0.3, -0.25) is 13.9 Å². The predicted molar refractivity (Wildman–Crippen MR) is 94.1 cm³/mol. The van der Waals surface area contributed by atoms with Crippen molar-refractivity contribution in [2.75, 3.05) is 5.32 Å². The summed E-state index contributed by atoms with van der Waals surface area (Å²) in [5, 5.41) is 2.60. The Morgan fingerprint density at radius 1 is 1.12 bits per heavy atom. The van der Waals surface area contributed by atoms with Crippen LogP contribution in [0.2, 0.25) is 0 Å². The van der Waals surface area contributed by atoms with Gasteiger partial charge < -0.3 is 5.32 Å². The Hall–Kier alpha value is -2.61. The Labute approximate surface area is 146 Å². The zero-order chi connectivity index (χ0) is 18.0. The number of anilines is 1. The van der Waals surface area contributed by atoms with Gasteiger partial charge in [-0.1, -0.05) is 36.0 Å². The van der Waals surface area contributed by atoms with Crippen LogP contribution in [-0.2, 0) is 18.4 Å². The summed E-state index contributed by atoms with van der Waals surface area (Å²) in [7, 11) is 1.63. The van der Waals surface area contributed by atoms with E-state index in [4.69, 9.17) is 0 Å². The van der Waals surface area contributed by atoms with Crippen LogP contribution in [-0.4, -0.2) is 20.8 Å². The molecule has 0 atom stereocenters. The van der Waals surface area contributed by atoms with Crippen LogP contribution in [0, 0.1) is 0 Å². The number of aromatic nitrogens is 2. The van der Waals surface area contributed by atoms with Crippen molar-refractivity contribution < 1.29 is 13.6 Å². The van der Waals surface area contributed by atoms with E-state index in [9.17, 15) is 18.4 Å². The SMILES string of the molecule is Cn1c(=O)n(CC(=O)Nc2ccccc2SC(F)F)c2ccccc21. The van der Waals surface area contributed by atoms with Gasteiger partial charge in [-0.05, 0) is 24.3 Å². The fourth-order valence-electron chi connectivity index (χ4n) is 2.62. The van der Waals surface area contributed by atoms with Crippen molar-refractivity contribution >= 4 is 34.4 Å². The molecule has 3 aromatic rings. The summed E-state index contributed by atoms with van der Waals surface area (Å²) in [5.74, 6) is -3.04. The zero-order valence-electron chi connectivity index (χ0n) is 13.3. The monoisotopic (exact) mass is 363 g/mol. The number of fused-ring (bicyclic) bond motifs is 1. The van der Waals surface area contributed by atoms with Crippen molar-refractivity contribution in [3.63, 3.8) is 0 Å². The highest BCUT2D eigenvalue weighted by Crippen LogP contribution is 2.31. The zero-order valence-corrected chi connectivity index (χ0v) is 14.1. The lowest BCUT2D eigenvalue weighted by atomic mass is 10.3. The number of carbonyl (C=O) groups is 1. The normalized spacial score (nSPS) is 11.2. The number of aryl methyl sites for hydroxylation is 1. The number of halogens is 2. The van der Waals surface area contributed by atoms with Gasteiger partial charge in [0.05, 0.1) is 16.7 Å². The molecule has 0 spiro atoms. The summed E-state index contributed by atoms with van der Waals surface area (Å²) >= 11 is 0.362. The molecule has 1 aromatic heterocycles. The summed E-state index contributed by atoms with van der Waals surface area (Å²) in [6.45, 7) is -0.201. The van der Waals surface area contributed by atoms with Gasteiger partial charge in [0, 0.05) is 11.9 Å². The lowest BCUT2D eigenvalue weighted by molar-refractivity contribution is -0.116. The standard InChI is InChI=1S/C17H15F2N3O2S/c1-21-12-7-3-4-8-13(12)22(17(21)24)10-15(23)20-11-6-2-5-9-14(11)25-16(18)19/h2-9,16H,10H2,1H3,(H,20,23). The predicted octanol–water partition coefficient (Wildman–Crippen LogP) is 3.29. The summed E-state index contributed by atoms with van der Waals surface area (Å²) in [4.78, 5) is 25.0. The molecule has 2 aromatic carbocycles. The number of para-hydroxylation sites is 3. The van der Waals surface area contributed by atoms with E-state index in [0.29, 0.717) is 28.5 Å². The average molecular weight is 363 g/mol. The second-order valence-corrected chi connectivity index (χ2v) is 6.37. The maximum absolute atomic E-state index is 12.6. The van der Waals surface area contributed by atoms with Crippen LogP contribution in [0.25, 0.3) is 11.0 Å². The smallest absolute Gasteiger partial charge is 0.324 e. The van der Waals surface area contributed by atoms with Crippen molar-refractivity contribution in [1.82, 2.24) is 9.13 Å². The van der Waals surface area contributed by atoms with Crippen molar-refractivity contribution in [1.29, 1.82) is 0 Å². The first-order valence-corrected chi connectivity index (χ1v) is 8.33. The molecule has 0 radical (unpaired) electrons. The first-order chi connectivity index (χ1) is 12.0. The van der Waals surface area contributed by atoms with Gasteiger partial charge in [0.15, 0.2) is 0 Å². The molecule has 0 aliphatic rings. The number of amides is 1. The van der Waals surface area contributed by atoms with Gasteiger partial charge in [-0.25, -0.2) is 4.79 Å². The van der Waals surface area contributed by atoms with Crippen molar-refractivity contribution in [3.8, 4) is 0 Å². The minimum Gasteiger partial charge on any atom is -0.324 e. The second-order valence-electron chi connectivity index (χ2n) is 5.34. The minimum absolute atomic E-state index is 0.201. The van der Waals surface area contributed by atoms with Gasteiger partial charge in [-0.15, -0.1) is 0 Å². The third-order valence-corrected chi connectivity index (χ3v) is 4.52. The lowest BCUT2D eigenvalue weighted by Crippen LogP contribution is -2.28. The van der Waals surface area contributed by atoms with E-state index in [2.05, 4.69) is 5.32 Å². The van der Waals surface area contributed by atoms with Gasteiger partial charge >= 0.3 is 5.69 Å². The largest absolute Gasteiger partial charge is 0.329 e. The van der Waals surface area contributed by atoms with E-state index in [1.807, 2.05) is 6.07 Å². The first kappa shape index (κ1) is 17.2. The highest BCUT2D eigenvalue weighted by Gasteiger charge is 2.15. The van der Waals surface area contributed by atoms with E-state index in [0.717, 1.165) is 0 Å². The molecule has 5 nitrogen and oxygen atoms in total. The third-order valence-electron chi connectivity index (χ3n) is 3.73. The van der Waals surface area contributed by atoms with Crippen LogP contribution in [0.15, 0.2) is 58.2 Å². The van der Waals surface area contributed by atoms with Crippen LogP contribution < -0.4 is 11.0 Å². The highest BCUT2D eigenvalue weighted by molar-refractivity contribution is 7.99. The summed E-state index contributed by atoms with van der Waals surface area (Å²) in [5.41, 5.74) is 1.34. The van der Waals surface area contributed by atoms with Crippen LogP contribution in [0.5, 0.6) is 0 Å². The lowest BCUT2D eigenvalue weighted by Gasteiger charge is -2.10. The molecule has 0 aliphatic heterocycles. The Bertz CT molecular complexity index is 981. The number of benzene rings is 2. The Morgan fingerprint density at radius 3 is 2.48 bits per heavy atom. The molecule has 0 unspecified atom stereocenters. The van der Waals surface area contributed by atoms with Crippen LogP contribution in [0.1, 0.15) is 0 Å². The minimum atomic E-state index is -2.58. The number of thioether (sulfide) groups is 1. The van der Waals surface area contributed by atoms with Crippen LogP contribution in [0.3, 0.4) is 0 Å². The number of hydrogen-bond acceptors (Lipinski definition) is 3. The van der Waals surface area contributed by atoms with Gasteiger partial charge in [-0.2, -0.15) is 8.78 Å². The molecular weight excluding hydrogens is 348 g/mol. The van der Waals surface area contributed by atoms with Crippen LogP contribution in [0.4, 0.5) is 14.5 Å². The number of hydrogen-bond donors (Lipinski definition) is 1. The molecule has 1 heterocycles. The molecular formula is C17H15F2N3O2S. The molecule has 130 valence electrons. The van der Waals surface area contributed by atoms with E-state index in [1.54, 1.807) is 43.4 Å². The van der Waals surface area contributed by atoms with Gasteiger partial charge in [0.1, 0.15) is 6.54 Å². The summed E-state index contributed by atoms with van der Waals surface area (Å²) < 4.78 is 28.1. The number of nitrogens with one attached hydrogen (secondary N) is 1. The fourth-order valence-corrected chi connectivity index (χ4v) is 3.21. The Kier molecular flexibility index (Phi) is 4.89. The summed E-state index contributed by atoms with van der Waals surface area (Å²) in [6.07, 6.45) is 0. The molecule has 1 amide bonds. The topological polar surface area (TPSA) is 56.0 Å². The third kappa shape index (κ3) is 3.58. The second kappa shape index (κ2) is 7.10.